The van der Waals surface area contributed by atoms with E-state index in [-0.39, 0.29) is 28.0 Å². The number of fused-ring (bicyclic) bond motifs is 1. The summed E-state index contributed by atoms with van der Waals surface area (Å²) in [4.78, 5) is 35.6. The lowest BCUT2D eigenvalue weighted by molar-refractivity contribution is -0.136. The summed E-state index contributed by atoms with van der Waals surface area (Å²) in [5, 5.41) is 3.21. The van der Waals surface area contributed by atoms with Gasteiger partial charge in [0, 0.05) is 0 Å². The van der Waals surface area contributed by atoms with Crippen LogP contribution in [0.15, 0.2) is 57.8 Å². The zero-order valence-electron chi connectivity index (χ0n) is 17.2. The molecule has 0 aliphatic carbocycles. The van der Waals surface area contributed by atoms with Crippen LogP contribution in [0.5, 0.6) is 5.75 Å². The number of thiophene rings is 1. The number of thioether (sulfide) groups is 1. The standard InChI is InChI=1S/C21H13F5N4O3S2/c22-19(23)33-13-5-2-1-4-11(13)27-15(31)9-35-20-29-17-16(18(32)30-20)10(21(24,25)26)8-12(28-17)14-6-3-7-34-14/h1-8,19H,9H2,(H,27,31)(H,28,29,30,32). The molecule has 0 fully saturated rings. The SMILES string of the molecule is O=C(CSc1nc2nc(-c3cccs3)cc(C(F)(F)F)c2c(=O)[nH]1)Nc1ccccc1OC(F)F. The Morgan fingerprint density at radius 1 is 1.17 bits per heavy atom. The van der Waals surface area contributed by atoms with Gasteiger partial charge < -0.3 is 15.0 Å². The summed E-state index contributed by atoms with van der Waals surface area (Å²) < 4.78 is 70.4. The monoisotopic (exact) mass is 528 g/mol. The maximum atomic E-state index is 13.7. The third-order valence-corrected chi connectivity index (χ3v) is 6.22. The highest BCUT2D eigenvalue weighted by Crippen LogP contribution is 2.36. The van der Waals surface area contributed by atoms with Crippen molar-refractivity contribution in [1.82, 2.24) is 15.0 Å². The molecule has 0 bridgehead atoms. The number of H-pyrrole nitrogens is 1. The second kappa shape index (κ2) is 10.00. The molecule has 7 nitrogen and oxygen atoms in total. The first-order valence-electron chi connectivity index (χ1n) is 9.64. The van der Waals surface area contributed by atoms with E-state index in [0.29, 0.717) is 4.88 Å². The molecule has 182 valence electrons. The van der Waals surface area contributed by atoms with Crippen molar-refractivity contribution in [3.63, 3.8) is 0 Å². The minimum atomic E-state index is -4.83. The summed E-state index contributed by atoms with van der Waals surface area (Å²) in [7, 11) is 0. The second-order valence-corrected chi connectivity index (χ2v) is 8.72. The predicted octanol–water partition coefficient (Wildman–Crippen LogP) is 5.40. The van der Waals surface area contributed by atoms with Gasteiger partial charge in [0.1, 0.15) is 5.75 Å². The maximum Gasteiger partial charge on any atom is 0.417 e. The Kier molecular flexibility index (Phi) is 7.03. The Morgan fingerprint density at radius 2 is 1.94 bits per heavy atom. The number of nitrogens with zero attached hydrogens (tertiary/aromatic N) is 2. The van der Waals surface area contributed by atoms with Crippen molar-refractivity contribution in [2.24, 2.45) is 0 Å². The zero-order chi connectivity index (χ0) is 25.2. The molecule has 3 aromatic heterocycles. The number of nitrogens with one attached hydrogen (secondary N) is 2. The number of hydrogen-bond donors (Lipinski definition) is 2. The molecule has 0 saturated carbocycles. The van der Waals surface area contributed by atoms with Crippen molar-refractivity contribution in [2.45, 2.75) is 17.9 Å². The molecule has 1 amide bonds. The first-order valence-corrected chi connectivity index (χ1v) is 11.5. The lowest BCUT2D eigenvalue weighted by Crippen LogP contribution is -2.19. The number of rotatable bonds is 7. The molecule has 4 aromatic rings. The third kappa shape index (κ3) is 5.77. The molecule has 0 aliphatic rings. The van der Waals surface area contributed by atoms with Crippen LogP contribution in [0.3, 0.4) is 0 Å². The molecule has 0 spiro atoms. The second-order valence-electron chi connectivity index (χ2n) is 6.81. The Morgan fingerprint density at radius 3 is 2.63 bits per heavy atom. The van der Waals surface area contributed by atoms with Crippen molar-refractivity contribution in [1.29, 1.82) is 0 Å². The molecule has 4 rings (SSSR count). The van der Waals surface area contributed by atoms with Crippen molar-refractivity contribution in [2.75, 3.05) is 11.1 Å². The van der Waals surface area contributed by atoms with Crippen molar-refractivity contribution in [3.05, 3.63) is 63.8 Å². The summed E-state index contributed by atoms with van der Waals surface area (Å²) in [6.07, 6.45) is -4.83. The van der Waals surface area contributed by atoms with Gasteiger partial charge in [-0.2, -0.15) is 22.0 Å². The highest BCUT2D eigenvalue weighted by Gasteiger charge is 2.35. The first-order chi connectivity index (χ1) is 16.6. The minimum absolute atomic E-state index is 0.00209. The lowest BCUT2D eigenvalue weighted by Gasteiger charge is -2.12. The molecule has 2 N–H and O–H groups in total. The molecule has 35 heavy (non-hydrogen) atoms. The average Bonchev–Trinajstić information content (AvgIpc) is 3.32. The lowest BCUT2D eigenvalue weighted by atomic mass is 10.1. The van der Waals surface area contributed by atoms with Crippen LogP contribution in [0.4, 0.5) is 27.6 Å². The molecule has 3 heterocycles. The van der Waals surface area contributed by atoms with E-state index in [1.165, 1.54) is 35.6 Å². The van der Waals surface area contributed by atoms with E-state index < -0.39 is 40.9 Å². The van der Waals surface area contributed by atoms with E-state index in [4.69, 9.17) is 0 Å². The Bertz CT molecular complexity index is 1420. The van der Waals surface area contributed by atoms with Crippen molar-refractivity contribution in [3.8, 4) is 16.3 Å². The van der Waals surface area contributed by atoms with Gasteiger partial charge in [0.15, 0.2) is 10.8 Å². The van der Waals surface area contributed by atoms with Crippen LogP contribution in [0.1, 0.15) is 5.56 Å². The zero-order valence-corrected chi connectivity index (χ0v) is 18.9. The van der Waals surface area contributed by atoms with Crippen LogP contribution in [-0.4, -0.2) is 33.2 Å². The number of carbonyl (C=O) groups excluding carboxylic acids is 1. The number of anilines is 1. The number of pyridine rings is 1. The van der Waals surface area contributed by atoms with Gasteiger partial charge in [-0.15, -0.1) is 11.3 Å². The Balaban J connectivity index is 1.60. The molecule has 1 aromatic carbocycles. The maximum absolute atomic E-state index is 13.7. The number of ether oxygens (including phenoxy) is 1. The number of aromatic nitrogens is 3. The van der Waals surface area contributed by atoms with Crippen LogP contribution in [0, 0.1) is 0 Å². The Labute approximate surface area is 201 Å². The minimum Gasteiger partial charge on any atom is -0.433 e. The summed E-state index contributed by atoms with van der Waals surface area (Å²) in [6, 6.07) is 9.56. The van der Waals surface area contributed by atoms with Gasteiger partial charge in [0.05, 0.1) is 33.0 Å². The molecule has 0 unspecified atom stereocenters. The highest BCUT2D eigenvalue weighted by molar-refractivity contribution is 7.99. The topological polar surface area (TPSA) is 97.0 Å². The summed E-state index contributed by atoms with van der Waals surface area (Å²) in [5.41, 5.74) is -2.67. The van der Waals surface area contributed by atoms with Crippen LogP contribution in [0.2, 0.25) is 0 Å². The number of alkyl halides is 5. The smallest absolute Gasteiger partial charge is 0.417 e. The molecule has 0 aliphatic heterocycles. The number of carbonyl (C=O) groups is 1. The fourth-order valence-electron chi connectivity index (χ4n) is 3.05. The van der Waals surface area contributed by atoms with Gasteiger partial charge in [-0.05, 0) is 29.6 Å². The highest BCUT2D eigenvalue weighted by atomic mass is 32.2. The van der Waals surface area contributed by atoms with Crippen LogP contribution in [0.25, 0.3) is 21.6 Å². The molecular formula is C21H13F5N4O3S2. The Hall–Kier alpha value is -3.52. The number of halogens is 5. The quantitative estimate of drug-likeness (QED) is 0.190. The summed E-state index contributed by atoms with van der Waals surface area (Å²) in [6.45, 7) is -3.09. The molecule has 0 atom stereocenters. The number of aromatic amines is 1. The average molecular weight is 528 g/mol. The van der Waals surface area contributed by atoms with Gasteiger partial charge in [-0.25, -0.2) is 9.97 Å². The number of para-hydroxylation sites is 2. The van der Waals surface area contributed by atoms with Gasteiger partial charge >= 0.3 is 12.8 Å². The van der Waals surface area contributed by atoms with Crippen LogP contribution >= 0.6 is 23.1 Å². The van der Waals surface area contributed by atoms with Gasteiger partial charge in [-0.1, -0.05) is 30.0 Å². The normalized spacial score (nSPS) is 11.7. The van der Waals surface area contributed by atoms with Gasteiger partial charge in [0.25, 0.3) is 5.56 Å². The molecule has 0 radical (unpaired) electrons. The van der Waals surface area contributed by atoms with Crippen LogP contribution < -0.4 is 15.6 Å². The van der Waals surface area contributed by atoms with Crippen molar-refractivity contribution >= 4 is 45.7 Å². The van der Waals surface area contributed by atoms with Gasteiger partial charge in [-0.3, -0.25) is 9.59 Å². The number of hydrogen-bond acceptors (Lipinski definition) is 7. The summed E-state index contributed by atoms with van der Waals surface area (Å²) in [5.74, 6) is -1.24. The fourth-order valence-corrected chi connectivity index (χ4v) is 4.39. The molecule has 0 saturated heterocycles. The third-order valence-electron chi connectivity index (χ3n) is 4.45. The van der Waals surface area contributed by atoms with Crippen molar-refractivity contribution < 1.29 is 31.5 Å². The summed E-state index contributed by atoms with van der Waals surface area (Å²) >= 11 is 1.90. The van der Waals surface area contributed by atoms with E-state index >= 15 is 0 Å². The fraction of sp³-hybridized carbons (Fsp3) is 0.143. The molecular weight excluding hydrogens is 515 g/mol. The van der Waals surface area contributed by atoms with E-state index in [9.17, 15) is 31.5 Å². The van der Waals surface area contributed by atoms with Crippen LogP contribution in [-0.2, 0) is 11.0 Å². The predicted molar refractivity (Wildman–Crippen MR) is 121 cm³/mol. The van der Waals surface area contributed by atoms with E-state index in [1.54, 1.807) is 17.5 Å². The largest absolute Gasteiger partial charge is 0.433 e. The number of benzene rings is 1. The van der Waals surface area contributed by atoms with E-state index in [1.807, 2.05) is 0 Å². The number of amides is 1. The first kappa shape index (κ1) is 24.6. The van der Waals surface area contributed by atoms with Gasteiger partial charge in [0.2, 0.25) is 5.91 Å². The van der Waals surface area contributed by atoms with E-state index in [0.717, 1.165) is 17.8 Å². The molecule has 14 heteroatoms. The van der Waals surface area contributed by atoms with E-state index in [2.05, 4.69) is 25.0 Å².